The molecule has 0 atom stereocenters. The molecule has 0 aliphatic carbocycles. The molecule has 0 radical (unpaired) electrons. The first kappa shape index (κ1) is 17.6. The lowest BCUT2D eigenvalue weighted by Gasteiger charge is -2.26. The van der Waals surface area contributed by atoms with Gasteiger partial charge in [-0.25, -0.2) is 4.98 Å². The Bertz CT molecular complexity index is 715. The van der Waals surface area contributed by atoms with Crippen LogP contribution in [0.1, 0.15) is 29.1 Å². The number of amides is 2. The van der Waals surface area contributed by atoms with Crippen molar-refractivity contribution in [2.45, 2.75) is 26.8 Å². The molecule has 0 fully saturated rings. The van der Waals surface area contributed by atoms with E-state index in [1.165, 1.54) is 16.2 Å². The summed E-state index contributed by atoms with van der Waals surface area (Å²) in [6, 6.07) is 7.05. The lowest BCUT2D eigenvalue weighted by atomic mass is 10.1. The van der Waals surface area contributed by atoms with Crippen LogP contribution in [0.2, 0.25) is 0 Å². The maximum atomic E-state index is 12.6. The van der Waals surface area contributed by atoms with Crippen molar-refractivity contribution in [1.29, 1.82) is 0 Å². The van der Waals surface area contributed by atoms with Crippen molar-refractivity contribution < 1.29 is 9.59 Å². The number of rotatable bonds is 5. The first-order chi connectivity index (χ1) is 10.9. The molecule has 2 aromatic rings. The number of carbonyl (C=O) groups excluding carboxylic acids is 2. The van der Waals surface area contributed by atoms with Crippen molar-refractivity contribution in [3.63, 3.8) is 0 Å². The highest BCUT2D eigenvalue weighted by molar-refractivity contribution is 9.10. The third-order valence-electron chi connectivity index (χ3n) is 3.14. The van der Waals surface area contributed by atoms with Gasteiger partial charge in [-0.2, -0.15) is 0 Å². The number of aromatic nitrogens is 1. The van der Waals surface area contributed by atoms with E-state index in [0.29, 0.717) is 10.7 Å². The minimum atomic E-state index is -0.253. The molecule has 0 bridgehead atoms. The van der Waals surface area contributed by atoms with Crippen LogP contribution in [-0.4, -0.2) is 34.3 Å². The van der Waals surface area contributed by atoms with E-state index >= 15 is 0 Å². The highest BCUT2D eigenvalue weighted by Gasteiger charge is 2.22. The molecule has 1 heterocycles. The summed E-state index contributed by atoms with van der Waals surface area (Å²) in [6.45, 7) is 5.68. The Morgan fingerprint density at radius 3 is 2.70 bits per heavy atom. The Labute approximate surface area is 147 Å². The molecule has 122 valence electrons. The van der Waals surface area contributed by atoms with Crippen LogP contribution in [0.5, 0.6) is 0 Å². The number of benzene rings is 1. The molecular weight excluding hydrogens is 378 g/mol. The van der Waals surface area contributed by atoms with Gasteiger partial charge in [0.2, 0.25) is 5.91 Å². The van der Waals surface area contributed by atoms with Crippen molar-refractivity contribution in [3.05, 3.63) is 45.4 Å². The molecule has 7 heteroatoms. The summed E-state index contributed by atoms with van der Waals surface area (Å²) in [4.78, 5) is 31.5. The van der Waals surface area contributed by atoms with Crippen molar-refractivity contribution in [3.8, 4) is 0 Å². The third kappa shape index (κ3) is 4.87. The summed E-state index contributed by atoms with van der Waals surface area (Å²) in [6.07, 6.45) is 1.70. The number of thiazole rings is 1. The molecule has 23 heavy (non-hydrogen) atoms. The van der Waals surface area contributed by atoms with Crippen LogP contribution < -0.4 is 5.32 Å². The average molecular weight is 396 g/mol. The highest BCUT2D eigenvalue weighted by Crippen LogP contribution is 2.17. The van der Waals surface area contributed by atoms with E-state index in [0.717, 1.165) is 9.35 Å². The third-order valence-corrected chi connectivity index (χ3v) is 4.46. The van der Waals surface area contributed by atoms with Gasteiger partial charge in [-0.1, -0.05) is 22.0 Å². The van der Waals surface area contributed by atoms with E-state index in [-0.39, 0.29) is 24.4 Å². The van der Waals surface area contributed by atoms with Gasteiger partial charge in [0.05, 0.1) is 0 Å². The Kier molecular flexibility index (Phi) is 5.90. The second-order valence-corrected chi connectivity index (χ2v) is 7.51. The Morgan fingerprint density at radius 1 is 1.39 bits per heavy atom. The van der Waals surface area contributed by atoms with E-state index in [2.05, 4.69) is 26.2 Å². The largest absolute Gasteiger partial charge is 0.327 e. The smallest absolute Gasteiger partial charge is 0.254 e. The van der Waals surface area contributed by atoms with Gasteiger partial charge in [-0.3, -0.25) is 9.59 Å². The van der Waals surface area contributed by atoms with Crippen molar-refractivity contribution >= 4 is 44.2 Å². The second-order valence-electron chi connectivity index (χ2n) is 5.36. The van der Waals surface area contributed by atoms with Crippen LogP contribution in [0.15, 0.2) is 34.9 Å². The maximum Gasteiger partial charge on any atom is 0.254 e. The van der Waals surface area contributed by atoms with Gasteiger partial charge < -0.3 is 10.2 Å². The number of anilines is 1. The lowest BCUT2D eigenvalue weighted by molar-refractivity contribution is -0.117. The topological polar surface area (TPSA) is 62.3 Å². The summed E-state index contributed by atoms with van der Waals surface area (Å²) >= 11 is 4.76. The molecule has 1 aromatic heterocycles. The number of carbonyl (C=O) groups is 2. The molecule has 2 amide bonds. The fourth-order valence-electron chi connectivity index (χ4n) is 2.00. The summed E-state index contributed by atoms with van der Waals surface area (Å²) in [5.41, 5.74) is 0.547. The van der Waals surface area contributed by atoms with E-state index in [1.54, 1.807) is 24.4 Å². The number of nitrogens with zero attached hydrogens (tertiary/aromatic N) is 2. The predicted molar refractivity (Wildman–Crippen MR) is 95.8 cm³/mol. The van der Waals surface area contributed by atoms with E-state index in [1.807, 2.05) is 26.8 Å². The van der Waals surface area contributed by atoms with Gasteiger partial charge >= 0.3 is 0 Å². The second kappa shape index (κ2) is 7.70. The number of hydrogen-bond donors (Lipinski definition) is 1. The SMILES string of the molecule is Cc1cnc(NC(=O)CN(C(=O)c2cccc(Br)c2)C(C)C)s1. The van der Waals surface area contributed by atoms with Crippen LogP contribution in [0.3, 0.4) is 0 Å². The zero-order chi connectivity index (χ0) is 17.0. The number of hydrogen-bond acceptors (Lipinski definition) is 4. The van der Waals surface area contributed by atoms with Crippen LogP contribution in [0, 0.1) is 6.92 Å². The Morgan fingerprint density at radius 2 is 2.13 bits per heavy atom. The van der Waals surface area contributed by atoms with Gasteiger partial charge in [-0.05, 0) is 39.0 Å². The highest BCUT2D eigenvalue weighted by atomic mass is 79.9. The molecule has 0 unspecified atom stereocenters. The quantitative estimate of drug-likeness (QED) is 0.838. The molecule has 5 nitrogen and oxygen atoms in total. The fraction of sp³-hybridized carbons (Fsp3) is 0.312. The molecule has 0 saturated heterocycles. The molecule has 0 saturated carbocycles. The summed E-state index contributed by atoms with van der Waals surface area (Å²) < 4.78 is 0.828. The standard InChI is InChI=1S/C16H18BrN3O2S/c1-10(2)20(15(22)12-5-4-6-13(17)7-12)9-14(21)19-16-18-8-11(3)23-16/h4-8,10H,9H2,1-3H3,(H,18,19,21). The van der Waals surface area contributed by atoms with Gasteiger partial charge in [0.25, 0.3) is 5.91 Å². The van der Waals surface area contributed by atoms with E-state index in [9.17, 15) is 9.59 Å². The minimum Gasteiger partial charge on any atom is -0.327 e. The number of halogens is 1. The van der Waals surface area contributed by atoms with Crippen LogP contribution in [-0.2, 0) is 4.79 Å². The van der Waals surface area contributed by atoms with E-state index in [4.69, 9.17) is 0 Å². The summed E-state index contributed by atoms with van der Waals surface area (Å²) in [7, 11) is 0. The molecule has 1 aromatic carbocycles. The predicted octanol–water partition coefficient (Wildman–Crippen LogP) is 3.70. The molecule has 0 aliphatic rings. The summed E-state index contributed by atoms with van der Waals surface area (Å²) in [5, 5.41) is 3.28. The van der Waals surface area contributed by atoms with Crippen LogP contribution in [0.4, 0.5) is 5.13 Å². The zero-order valence-electron chi connectivity index (χ0n) is 13.2. The summed E-state index contributed by atoms with van der Waals surface area (Å²) in [5.74, 6) is -0.428. The molecule has 2 rings (SSSR count). The normalized spacial score (nSPS) is 10.7. The lowest BCUT2D eigenvalue weighted by Crippen LogP contribution is -2.42. The van der Waals surface area contributed by atoms with Crippen molar-refractivity contribution in [1.82, 2.24) is 9.88 Å². The molecular formula is C16H18BrN3O2S. The van der Waals surface area contributed by atoms with E-state index < -0.39 is 0 Å². The zero-order valence-corrected chi connectivity index (χ0v) is 15.6. The fourth-order valence-corrected chi connectivity index (χ4v) is 3.08. The number of nitrogens with one attached hydrogen (secondary N) is 1. The Balaban J connectivity index is 2.09. The maximum absolute atomic E-state index is 12.6. The molecule has 0 aliphatic heterocycles. The first-order valence-corrected chi connectivity index (χ1v) is 8.76. The van der Waals surface area contributed by atoms with Crippen molar-refractivity contribution in [2.75, 3.05) is 11.9 Å². The van der Waals surface area contributed by atoms with Gasteiger partial charge in [-0.15, -0.1) is 11.3 Å². The van der Waals surface area contributed by atoms with Gasteiger partial charge in [0.1, 0.15) is 6.54 Å². The Hall–Kier alpha value is -1.73. The number of aryl methyl sites for hydroxylation is 1. The van der Waals surface area contributed by atoms with Crippen molar-refractivity contribution in [2.24, 2.45) is 0 Å². The first-order valence-electron chi connectivity index (χ1n) is 7.15. The van der Waals surface area contributed by atoms with Gasteiger partial charge in [0.15, 0.2) is 5.13 Å². The van der Waals surface area contributed by atoms with Gasteiger partial charge in [0, 0.05) is 27.2 Å². The minimum absolute atomic E-state index is 0.0123. The van der Waals surface area contributed by atoms with Crippen LogP contribution in [0.25, 0.3) is 0 Å². The average Bonchev–Trinajstić information content (AvgIpc) is 2.89. The van der Waals surface area contributed by atoms with Crippen LogP contribution >= 0.6 is 27.3 Å². The monoisotopic (exact) mass is 395 g/mol. The molecule has 0 spiro atoms. The molecule has 1 N–H and O–H groups in total.